The lowest BCUT2D eigenvalue weighted by molar-refractivity contribution is 0.668. The predicted molar refractivity (Wildman–Crippen MR) is 280 cm³/mol. The van der Waals surface area contributed by atoms with Crippen molar-refractivity contribution in [2.45, 2.75) is 11.8 Å². The Morgan fingerprint density at radius 3 is 1.13 bits per heavy atom. The number of furan rings is 2. The van der Waals surface area contributed by atoms with Crippen molar-refractivity contribution in [1.29, 1.82) is 0 Å². The van der Waals surface area contributed by atoms with Crippen molar-refractivity contribution in [3.63, 3.8) is 0 Å². The first-order valence-corrected chi connectivity index (χ1v) is 23.8. The Morgan fingerprint density at radius 1 is 0.271 bits per heavy atom. The Morgan fingerprint density at radius 2 is 0.657 bits per heavy atom. The molecule has 6 heteroatoms. The number of aromatic nitrogens is 4. The molecule has 6 nitrogen and oxygen atoms in total. The molecule has 70 heavy (non-hydrogen) atoms. The summed E-state index contributed by atoms with van der Waals surface area (Å²) in [7, 11) is 0. The maximum absolute atomic E-state index is 6.34. The molecule has 0 radical (unpaired) electrons. The van der Waals surface area contributed by atoms with Crippen molar-refractivity contribution in [2.24, 2.45) is 0 Å². The van der Waals surface area contributed by atoms with Crippen LogP contribution in [0.15, 0.2) is 227 Å². The van der Waals surface area contributed by atoms with Crippen molar-refractivity contribution in [3.05, 3.63) is 252 Å². The largest absolute Gasteiger partial charge is 0.456 e. The lowest BCUT2D eigenvalue weighted by Gasteiger charge is -2.42. The molecule has 3 aliphatic carbocycles. The van der Waals surface area contributed by atoms with E-state index in [1.807, 2.05) is 72.8 Å². The Bertz CT molecular complexity index is 3990. The Labute approximate surface area is 402 Å². The molecule has 13 aromatic rings. The fourth-order valence-corrected chi connectivity index (χ4v) is 11.4. The van der Waals surface area contributed by atoms with Gasteiger partial charge in [0.1, 0.15) is 22.3 Å². The second kappa shape index (κ2) is 15.1. The van der Waals surface area contributed by atoms with Crippen LogP contribution in [0.25, 0.3) is 112 Å². The number of nitrogens with zero attached hydrogens (tertiary/aromatic N) is 4. The van der Waals surface area contributed by atoms with Crippen LogP contribution in [-0.2, 0) is 0 Å². The lowest BCUT2D eigenvalue weighted by atomic mass is 9.60. The zero-order valence-corrected chi connectivity index (χ0v) is 37.5. The molecule has 0 N–H and O–H groups in total. The smallest absolute Gasteiger partial charge is 0.160 e. The van der Waals surface area contributed by atoms with Crippen LogP contribution >= 0.6 is 0 Å². The molecule has 2 bridgehead atoms. The number of hydrogen-bond acceptors (Lipinski definition) is 6. The van der Waals surface area contributed by atoms with Gasteiger partial charge in [-0.2, -0.15) is 0 Å². The van der Waals surface area contributed by atoms with E-state index in [-0.39, 0.29) is 11.8 Å². The normalized spacial score (nSPS) is 14.6. The summed E-state index contributed by atoms with van der Waals surface area (Å²) in [6, 6.07) is 76.7. The number of rotatable bonds is 6. The first kappa shape index (κ1) is 38.8. The highest BCUT2D eigenvalue weighted by molar-refractivity contribution is 6.13. The highest BCUT2D eigenvalue weighted by Crippen LogP contribution is 2.57. The van der Waals surface area contributed by atoms with E-state index in [1.165, 1.54) is 33.4 Å². The van der Waals surface area contributed by atoms with Gasteiger partial charge < -0.3 is 8.83 Å². The summed E-state index contributed by atoms with van der Waals surface area (Å²) in [5.74, 6) is 1.43. The first-order valence-electron chi connectivity index (χ1n) is 23.8. The third kappa shape index (κ3) is 5.93. The number of hydrogen-bond donors (Lipinski definition) is 0. The van der Waals surface area contributed by atoms with Crippen LogP contribution in [0.4, 0.5) is 0 Å². The highest BCUT2D eigenvalue weighted by Gasteiger charge is 2.41. The quantitative estimate of drug-likeness (QED) is 0.165. The SMILES string of the molecule is c1ccc(-c2nc(-c3ccc4c(c3)C3c5ccccc5C4c4cc(-c5cc(-c6cccc7oc8ccccc8c67)nc(-c6ccccc6)n5)ccc43)cc(-c3cccc4oc5ccccc5c34)n2)cc1. The zero-order chi connectivity index (χ0) is 45.9. The number of benzene rings is 9. The predicted octanol–water partition coefficient (Wildman–Crippen LogP) is 16.1. The van der Waals surface area contributed by atoms with E-state index in [1.54, 1.807) is 0 Å². The van der Waals surface area contributed by atoms with E-state index in [9.17, 15) is 0 Å². The van der Waals surface area contributed by atoms with Crippen LogP contribution in [0.1, 0.15) is 45.2 Å². The van der Waals surface area contributed by atoms with Gasteiger partial charge in [0.2, 0.25) is 0 Å². The van der Waals surface area contributed by atoms with Crippen molar-refractivity contribution < 1.29 is 8.83 Å². The summed E-state index contributed by atoms with van der Waals surface area (Å²) < 4.78 is 12.7. The number of para-hydroxylation sites is 2. The lowest BCUT2D eigenvalue weighted by Crippen LogP contribution is -2.27. The summed E-state index contributed by atoms with van der Waals surface area (Å²) in [4.78, 5) is 21.1. The van der Waals surface area contributed by atoms with Crippen molar-refractivity contribution in [1.82, 2.24) is 19.9 Å². The molecule has 0 saturated heterocycles. The summed E-state index contributed by atoms with van der Waals surface area (Å²) >= 11 is 0. The van der Waals surface area contributed by atoms with Gasteiger partial charge in [-0.3, -0.25) is 0 Å². The van der Waals surface area contributed by atoms with E-state index in [2.05, 4.69) is 146 Å². The highest BCUT2D eigenvalue weighted by atomic mass is 16.3. The van der Waals surface area contributed by atoms with Crippen LogP contribution in [0, 0.1) is 0 Å². The molecular formula is C64H38N4O2. The molecule has 0 amide bonds. The van der Waals surface area contributed by atoms with Crippen molar-refractivity contribution in [2.75, 3.05) is 0 Å². The third-order valence-corrected chi connectivity index (χ3v) is 14.5. The molecule has 0 fully saturated rings. The summed E-state index contributed by atoms with van der Waals surface area (Å²) in [5.41, 5.74) is 20.8. The van der Waals surface area contributed by atoms with E-state index >= 15 is 0 Å². The number of fused-ring (bicyclic) bond motifs is 6. The molecule has 326 valence electrons. The van der Waals surface area contributed by atoms with Gasteiger partial charge in [-0.15, -0.1) is 0 Å². The van der Waals surface area contributed by atoms with Crippen LogP contribution in [0.5, 0.6) is 0 Å². The molecule has 0 saturated carbocycles. The molecule has 3 aliphatic rings. The van der Waals surface area contributed by atoms with Gasteiger partial charge in [0.05, 0.1) is 22.8 Å². The minimum atomic E-state index is 0.0361. The van der Waals surface area contributed by atoms with Gasteiger partial charge >= 0.3 is 0 Å². The second-order valence-corrected chi connectivity index (χ2v) is 18.4. The molecule has 0 aliphatic heterocycles. The van der Waals surface area contributed by atoms with Crippen LogP contribution in [0.2, 0.25) is 0 Å². The fourth-order valence-electron chi connectivity index (χ4n) is 11.4. The molecule has 9 aromatic carbocycles. The molecular weight excluding hydrogens is 857 g/mol. The van der Waals surface area contributed by atoms with Crippen LogP contribution < -0.4 is 0 Å². The standard InChI is InChI=1S/C64H38N4O2/c1-3-15-37(16-4-1)63-65-51(35-53(67-63)45-23-13-27-57-61(45)47-21-9-11-25-55(47)69-57)39-29-31-43-49(33-39)59-41-19-7-8-20-42(41)60(43)50-34-40(30-32-44(50)59)52-36-54(68-64(66-52)38-17-5-2-6-18-38)46-24-14-28-58-62(46)48-22-10-12-26-56(48)70-58/h1-36,59-60H. The van der Waals surface area contributed by atoms with Gasteiger partial charge in [0.15, 0.2) is 11.6 Å². The summed E-state index contributed by atoms with van der Waals surface area (Å²) in [5, 5.41) is 4.24. The van der Waals surface area contributed by atoms with Crippen LogP contribution in [-0.4, -0.2) is 19.9 Å². The van der Waals surface area contributed by atoms with E-state index in [0.717, 1.165) is 100 Å². The minimum Gasteiger partial charge on any atom is -0.456 e. The maximum Gasteiger partial charge on any atom is 0.160 e. The van der Waals surface area contributed by atoms with Gasteiger partial charge in [0, 0.05) is 66.8 Å². The summed E-state index contributed by atoms with van der Waals surface area (Å²) in [6.07, 6.45) is 0. The topological polar surface area (TPSA) is 77.8 Å². The molecule has 4 heterocycles. The van der Waals surface area contributed by atoms with Crippen molar-refractivity contribution >= 4 is 43.9 Å². The van der Waals surface area contributed by atoms with Gasteiger partial charge in [-0.05, 0) is 81.9 Å². The van der Waals surface area contributed by atoms with Gasteiger partial charge in [-0.25, -0.2) is 19.9 Å². The first-order chi connectivity index (χ1) is 34.7. The zero-order valence-electron chi connectivity index (χ0n) is 37.5. The molecule has 0 spiro atoms. The molecule has 2 atom stereocenters. The average molecular weight is 895 g/mol. The minimum absolute atomic E-state index is 0.0361. The van der Waals surface area contributed by atoms with Gasteiger partial charge in [0.25, 0.3) is 0 Å². The summed E-state index contributed by atoms with van der Waals surface area (Å²) in [6.45, 7) is 0. The van der Waals surface area contributed by atoms with E-state index < -0.39 is 0 Å². The van der Waals surface area contributed by atoms with E-state index in [4.69, 9.17) is 28.8 Å². The van der Waals surface area contributed by atoms with Gasteiger partial charge in [-0.1, -0.05) is 170 Å². The second-order valence-electron chi connectivity index (χ2n) is 18.4. The van der Waals surface area contributed by atoms with E-state index in [0.29, 0.717) is 11.6 Å². The molecule has 2 unspecified atom stereocenters. The molecule has 4 aromatic heterocycles. The third-order valence-electron chi connectivity index (χ3n) is 14.5. The Kier molecular flexibility index (Phi) is 8.38. The monoisotopic (exact) mass is 894 g/mol. The Balaban J connectivity index is 0.880. The van der Waals surface area contributed by atoms with Crippen LogP contribution in [0.3, 0.4) is 0 Å². The fraction of sp³-hybridized carbons (Fsp3) is 0.0312. The maximum atomic E-state index is 6.34. The Hall–Kier alpha value is -9.26. The van der Waals surface area contributed by atoms with Crippen molar-refractivity contribution in [3.8, 4) is 67.8 Å². The average Bonchev–Trinajstić information content (AvgIpc) is 4.02. The molecule has 16 rings (SSSR count).